The minimum absolute atomic E-state index is 0.138. The van der Waals surface area contributed by atoms with Crippen LogP contribution in [0.1, 0.15) is 20.3 Å². The van der Waals surface area contributed by atoms with Crippen LogP contribution < -0.4 is 15.8 Å². The van der Waals surface area contributed by atoms with Gasteiger partial charge in [0.15, 0.2) is 11.6 Å². The lowest BCUT2D eigenvalue weighted by molar-refractivity contribution is 0.187. The highest BCUT2D eigenvalue weighted by atomic mass is 19.1. The summed E-state index contributed by atoms with van der Waals surface area (Å²) < 4.78 is 24.4. The van der Waals surface area contributed by atoms with E-state index in [4.69, 9.17) is 10.5 Å². The Morgan fingerprint density at radius 2 is 2.00 bits per heavy atom. The van der Waals surface area contributed by atoms with Gasteiger partial charge >= 0.3 is 6.09 Å². The first kappa shape index (κ1) is 19.7. The van der Waals surface area contributed by atoms with Crippen molar-refractivity contribution < 1.29 is 18.7 Å². The Balaban J connectivity index is 2.09. The number of hydrogen-bond donors (Lipinski definition) is 2. The minimum atomic E-state index is -0.623. The molecule has 0 saturated heterocycles. The van der Waals surface area contributed by atoms with Gasteiger partial charge < -0.3 is 15.2 Å². The largest absolute Gasteiger partial charge is 0.489 e. The van der Waals surface area contributed by atoms with E-state index in [9.17, 15) is 9.18 Å². The molecule has 1 heterocycles. The summed E-state index contributed by atoms with van der Waals surface area (Å²) in [5.74, 6) is 0.462. The molecular formula is C19H24FN3O3. The van der Waals surface area contributed by atoms with Crippen LogP contribution in [0.4, 0.5) is 15.0 Å². The van der Waals surface area contributed by atoms with E-state index in [0.29, 0.717) is 22.9 Å². The van der Waals surface area contributed by atoms with Crippen molar-refractivity contribution in [2.45, 2.75) is 26.3 Å². The third-order valence-corrected chi connectivity index (χ3v) is 3.67. The summed E-state index contributed by atoms with van der Waals surface area (Å²) in [5, 5.41) is 2.47. The second-order valence-corrected chi connectivity index (χ2v) is 6.39. The quantitative estimate of drug-likeness (QED) is 0.783. The summed E-state index contributed by atoms with van der Waals surface area (Å²) >= 11 is 0. The molecule has 140 valence electrons. The van der Waals surface area contributed by atoms with Crippen LogP contribution in [-0.4, -0.2) is 30.8 Å². The van der Waals surface area contributed by atoms with Crippen molar-refractivity contribution in [3.05, 3.63) is 42.3 Å². The average molecular weight is 361 g/mol. The highest BCUT2D eigenvalue weighted by molar-refractivity contribution is 5.84. The molecule has 1 atom stereocenters. The van der Waals surface area contributed by atoms with Gasteiger partial charge in [0.05, 0.1) is 7.11 Å². The number of rotatable bonds is 7. The molecule has 0 spiro atoms. The second kappa shape index (κ2) is 9.15. The van der Waals surface area contributed by atoms with Gasteiger partial charge in [-0.3, -0.25) is 5.32 Å². The molecule has 26 heavy (non-hydrogen) atoms. The molecule has 0 fully saturated rings. The van der Waals surface area contributed by atoms with Crippen LogP contribution in [0.2, 0.25) is 0 Å². The van der Waals surface area contributed by atoms with Crippen molar-refractivity contribution in [2.75, 3.05) is 19.0 Å². The Morgan fingerprint density at radius 1 is 1.27 bits per heavy atom. The molecule has 0 radical (unpaired) electrons. The zero-order valence-electron chi connectivity index (χ0n) is 15.2. The van der Waals surface area contributed by atoms with Gasteiger partial charge in [-0.2, -0.15) is 0 Å². The maximum absolute atomic E-state index is 14.3. The average Bonchev–Trinajstić information content (AvgIpc) is 2.60. The first-order valence-electron chi connectivity index (χ1n) is 8.38. The van der Waals surface area contributed by atoms with E-state index >= 15 is 0 Å². The van der Waals surface area contributed by atoms with Crippen LogP contribution in [0.3, 0.4) is 0 Å². The van der Waals surface area contributed by atoms with Gasteiger partial charge in [0.25, 0.3) is 0 Å². The summed E-state index contributed by atoms with van der Waals surface area (Å²) in [6, 6.07) is 7.90. The van der Waals surface area contributed by atoms with Crippen LogP contribution in [0.5, 0.6) is 5.75 Å². The van der Waals surface area contributed by atoms with Gasteiger partial charge in [-0.05, 0) is 47.7 Å². The monoisotopic (exact) mass is 361 g/mol. The van der Waals surface area contributed by atoms with Crippen molar-refractivity contribution in [1.82, 2.24) is 4.98 Å². The lowest BCUT2D eigenvalue weighted by Crippen LogP contribution is -2.29. The molecule has 1 aromatic heterocycles. The first-order chi connectivity index (χ1) is 12.4. The molecule has 3 N–H and O–H groups in total. The van der Waals surface area contributed by atoms with Crippen molar-refractivity contribution >= 4 is 11.9 Å². The van der Waals surface area contributed by atoms with Crippen LogP contribution in [0, 0.1) is 11.7 Å². The van der Waals surface area contributed by atoms with E-state index in [-0.39, 0.29) is 18.4 Å². The molecule has 2 aromatic rings. The number of hydrogen-bond acceptors (Lipinski definition) is 5. The van der Waals surface area contributed by atoms with Gasteiger partial charge in [0.1, 0.15) is 12.4 Å². The van der Waals surface area contributed by atoms with Gasteiger partial charge in [-0.1, -0.05) is 19.9 Å². The third kappa shape index (κ3) is 5.70. The van der Waals surface area contributed by atoms with Crippen molar-refractivity contribution in [3.8, 4) is 16.9 Å². The van der Waals surface area contributed by atoms with E-state index < -0.39 is 11.9 Å². The zero-order valence-corrected chi connectivity index (χ0v) is 15.2. The van der Waals surface area contributed by atoms with Crippen LogP contribution in [0.25, 0.3) is 11.1 Å². The number of anilines is 1. The summed E-state index contributed by atoms with van der Waals surface area (Å²) in [4.78, 5) is 15.3. The smallest absolute Gasteiger partial charge is 0.412 e. The van der Waals surface area contributed by atoms with E-state index in [1.54, 1.807) is 24.3 Å². The lowest BCUT2D eigenvalue weighted by Gasteiger charge is -2.15. The van der Waals surface area contributed by atoms with Gasteiger partial charge in [-0.15, -0.1) is 0 Å². The molecule has 1 unspecified atom stereocenters. The molecule has 7 heteroatoms. The molecule has 0 aliphatic carbocycles. The predicted molar refractivity (Wildman–Crippen MR) is 98.6 cm³/mol. The predicted octanol–water partition coefficient (Wildman–Crippen LogP) is 3.82. The molecule has 0 bridgehead atoms. The Morgan fingerprint density at radius 3 is 2.65 bits per heavy atom. The summed E-state index contributed by atoms with van der Waals surface area (Å²) in [6.07, 6.45) is 1.71. The number of benzene rings is 1. The number of halogens is 1. The Labute approximate surface area is 152 Å². The molecular weight excluding hydrogens is 337 g/mol. The number of carbonyl (C=O) groups excluding carboxylic acids is 1. The summed E-state index contributed by atoms with van der Waals surface area (Å²) in [7, 11) is 1.26. The number of nitrogens with zero attached hydrogens (tertiary/aromatic N) is 1. The van der Waals surface area contributed by atoms with Crippen LogP contribution in [-0.2, 0) is 4.74 Å². The first-order valence-corrected chi connectivity index (χ1v) is 8.38. The summed E-state index contributed by atoms with van der Waals surface area (Å²) in [5.41, 5.74) is 7.30. The summed E-state index contributed by atoms with van der Waals surface area (Å²) in [6.45, 7) is 4.41. The molecule has 0 aliphatic rings. The van der Waals surface area contributed by atoms with Crippen molar-refractivity contribution in [2.24, 2.45) is 11.7 Å². The van der Waals surface area contributed by atoms with Gasteiger partial charge in [0, 0.05) is 12.2 Å². The van der Waals surface area contributed by atoms with Gasteiger partial charge in [0.2, 0.25) is 0 Å². The number of ether oxygens (including phenoxy) is 2. The minimum Gasteiger partial charge on any atom is -0.489 e. The van der Waals surface area contributed by atoms with Crippen LogP contribution >= 0.6 is 0 Å². The molecule has 6 nitrogen and oxygen atoms in total. The maximum Gasteiger partial charge on any atom is 0.412 e. The fraction of sp³-hybridized carbons (Fsp3) is 0.368. The van der Waals surface area contributed by atoms with E-state index in [2.05, 4.69) is 28.9 Å². The number of nitrogens with two attached hydrogens (primary N) is 1. The number of carbonyl (C=O) groups is 1. The fourth-order valence-electron chi connectivity index (χ4n) is 2.50. The number of nitrogens with one attached hydrogen (secondary N) is 1. The number of pyridine rings is 1. The molecule has 1 aromatic carbocycles. The zero-order chi connectivity index (χ0) is 19.1. The highest BCUT2D eigenvalue weighted by Gasteiger charge is 2.11. The molecule has 1 amide bonds. The Hall–Kier alpha value is -2.67. The molecule has 0 saturated carbocycles. The third-order valence-electron chi connectivity index (χ3n) is 3.67. The van der Waals surface area contributed by atoms with E-state index in [0.717, 1.165) is 6.42 Å². The second-order valence-electron chi connectivity index (χ2n) is 6.39. The SMILES string of the molecule is COC(=O)Nc1cc(-c2ccc(OCC(N)CC(C)C)c(F)c2)ccn1. The van der Waals surface area contributed by atoms with Crippen molar-refractivity contribution in [1.29, 1.82) is 0 Å². The standard InChI is InChI=1S/C19H24FN3O3/c1-12(2)8-15(21)11-26-17-5-4-13(9-16(17)20)14-6-7-22-18(10-14)23-19(24)25-3/h4-7,9-10,12,15H,8,11,21H2,1-3H3,(H,22,23,24). The Kier molecular flexibility index (Phi) is 6.91. The van der Waals surface area contributed by atoms with E-state index in [1.807, 2.05) is 0 Å². The van der Waals surface area contributed by atoms with Gasteiger partial charge in [-0.25, -0.2) is 14.2 Å². The fourth-order valence-corrected chi connectivity index (χ4v) is 2.50. The number of methoxy groups -OCH3 is 1. The maximum atomic E-state index is 14.3. The van der Waals surface area contributed by atoms with Crippen molar-refractivity contribution in [3.63, 3.8) is 0 Å². The van der Waals surface area contributed by atoms with E-state index in [1.165, 1.54) is 19.4 Å². The lowest BCUT2D eigenvalue weighted by atomic mass is 10.1. The number of amides is 1. The molecule has 2 rings (SSSR count). The Bertz CT molecular complexity index is 753. The number of aromatic nitrogens is 1. The topological polar surface area (TPSA) is 86.5 Å². The normalized spacial score (nSPS) is 11.9. The van der Waals surface area contributed by atoms with Crippen LogP contribution in [0.15, 0.2) is 36.5 Å². The highest BCUT2D eigenvalue weighted by Crippen LogP contribution is 2.27. The molecule has 0 aliphatic heterocycles.